The molecule has 1 heterocycles. The van der Waals surface area contributed by atoms with Gasteiger partial charge in [-0.15, -0.1) is 0 Å². The summed E-state index contributed by atoms with van der Waals surface area (Å²) in [6.07, 6.45) is 0.302. The number of carbonyl (C=O) groups excluding carboxylic acids is 2. The van der Waals surface area contributed by atoms with Gasteiger partial charge in [0.05, 0.1) is 6.04 Å². The van der Waals surface area contributed by atoms with E-state index in [1.807, 2.05) is 31.2 Å². The zero-order chi connectivity index (χ0) is 12.4. The van der Waals surface area contributed by atoms with Gasteiger partial charge in [0, 0.05) is 18.7 Å². The van der Waals surface area contributed by atoms with E-state index in [1.54, 1.807) is 4.90 Å². The predicted octanol–water partition coefficient (Wildman–Crippen LogP) is 0.769. The van der Waals surface area contributed by atoms with Crippen molar-refractivity contribution >= 4 is 17.6 Å². The number of rotatable bonds is 2. The number of nitrogens with two attached hydrogens (primary N) is 1. The summed E-state index contributed by atoms with van der Waals surface area (Å²) in [5, 5.41) is 2.56. The summed E-state index contributed by atoms with van der Waals surface area (Å²) in [4.78, 5) is 24.2. The Kier molecular flexibility index (Phi) is 2.99. The Balaban J connectivity index is 2.10. The molecule has 0 aliphatic carbocycles. The Morgan fingerprint density at radius 2 is 2.06 bits per heavy atom. The lowest BCUT2D eigenvalue weighted by Gasteiger charge is -2.17. The highest BCUT2D eigenvalue weighted by molar-refractivity contribution is 5.96. The van der Waals surface area contributed by atoms with Gasteiger partial charge in [0.15, 0.2) is 0 Å². The molecule has 1 atom stereocenters. The Hall–Kier alpha value is -2.04. The average molecular weight is 233 g/mol. The van der Waals surface area contributed by atoms with Crippen molar-refractivity contribution in [1.29, 1.82) is 0 Å². The van der Waals surface area contributed by atoms with E-state index in [0.29, 0.717) is 13.0 Å². The van der Waals surface area contributed by atoms with Crippen molar-refractivity contribution < 1.29 is 9.59 Å². The second kappa shape index (κ2) is 4.45. The van der Waals surface area contributed by atoms with Crippen LogP contribution in [0.5, 0.6) is 0 Å². The van der Waals surface area contributed by atoms with Crippen LogP contribution in [0.4, 0.5) is 10.5 Å². The molecule has 0 bridgehead atoms. The van der Waals surface area contributed by atoms with Crippen molar-refractivity contribution in [3.63, 3.8) is 0 Å². The number of urea groups is 1. The third-order valence-corrected chi connectivity index (χ3v) is 2.82. The van der Waals surface area contributed by atoms with Crippen LogP contribution in [0, 0.1) is 6.92 Å². The van der Waals surface area contributed by atoms with Gasteiger partial charge < -0.3 is 16.0 Å². The molecule has 17 heavy (non-hydrogen) atoms. The van der Waals surface area contributed by atoms with Crippen LogP contribution in [0.25, 0.3) is 0 Å². The fourth-order valence-electron chi connectivity index (χ4n) is 1.98. The van der Waals surface area contributed by atoms with Crippen LogP contribution in [0.15, 0.2) is 24.3 Å². The topological polar surface area (TPSA) is 75.4 Å². The number of benzene rings is 1. The number of carbonyl (C=O) groups is 2. The number of anilines is 1. The molecule has 5 heteroatoms. The number of hydrogen-bond donors (Lipinski definition) is 2. The van der Waals surface area contributed by atoms with Gasteiger partial charge >= 0.3 is 6.03 Å². The first-order valence-electron chi connectivity index (χ1n) is 5.49. The molecule has 1 aliphatic rings. The van der Waals surface area contributed by atoms with Crippen LogP contribution in [-0.2, 0) is 4.79 Å². The van der Waals surface area contributed by atoms with Gasteiger partial charge in [-0.25, -0.2) is 4.79 Å². The fraction of sp³-hybridized carbons (Fsp3) is 0.333. The highest BCUT2D eigenvalue weighted by Crippen LogP contribution is 2.21. The maximum atomic E-state index is 11.8. The second-order valence-electron chi connectivity index (χ2n) is 4.25. The van der Waals surface area contributed by atoms with Gasteiger partial charge in [-0.05, 0) is 19.1 Å². The number of hydrogen-bond acceptors (Lipinski definition) is 2. The Bertz CT molecular complexity index is 442. The van der Waals surface area contributed by atoms with Crippen molar-refractivity contribution in [3.8, 4) is 0 Å². The van der Waals surface area contributed by atoms with E-state index >= 15 is 0 Å². The molecule has 2 rings (SSSR count). The van der Waals surface area contributed by atoms with Crippen LogP contribution in [-0.4, -0.2) is 24.5 Å². The number of nitrogens with zero attached hydrogens (tertiary/aromatic N) is 1. The molecule has 1 fully saturated rings. The Morgan fingerprint density at radius 3 is 2.65 bits per heavy atom. The van der Waals surface area contributed by atoms with Crippen LogP contribution >= 0.6 is 0 Å². The first-order chi connectivity index (χ1) is 8.06. The molecule has 0 spiro atoms. The van der Waals surface area contributed by atoms with E-state index in [4.69, 9.17) is 5.73 Å². The van der Waals surface area contributed by atoms with Crippen molar-refractivity contribution in [3.05, 3.63) is 29.8 Å². The summed E-state index contributed by atoms with van der Waals surface area (Å²) in [6, 6.07) is 6.93. The van der Waals surface area contributed by atoms with E-state index in [2.05, 4.69) is 5.32 Å². The van der Waals surface area contributed by atoms with Crippen LogP contribution in [0.1, 0.15) is 12.0 Å². The fourth-order valence-corrected chi connectivity index (χ4v) is 1.98. The molecule has 5 nitrogen and oxygen atoms in total. The lowest BCUT2D eigenvalue weighted by Crippen LogP contribution is -2.40. The molecular formula is C12H15N3O2. The van der Waals surface area contributed by atoms with Gasteiger partial charge in [0.25, 0.3) is 0 Å². The van der Waals surface area contributed by atoms with E-state index in [0.717, 1.165) is 11.3 Å². The third kappa shape index (κ3) is 2.55. The van der Waals surface area contributed by atoms with Crippen molar-refractivity contribution in [2.75, 3.05) is 11.4 Å². The van der Waals surface area contributed by atoms with Gasteiger partial charge in [-0.1, -0.05) is 17.7 Å². The van der Waals surface area contributed by atoms with Crippen LogP contribution in [0.2, 0.25) is 0 Å². The maximum Gasteiger partial charge on any atom is 0.312 e. The van der Waals surface area contributed by atoms with Crippen LogP contribution in [0.3, 0.4) is 0 Å². The minimum absolute atomic E-state index is 0.00704. The standard InChI is InChI=1S/C12H15N3O2/c1-8-2-4-10(5-3-8)15-7-9(6-11(15)16)14-12(13)17/h2-5,9H,6-7H2,1H3,(H3,13,14,17). The van der Waals surface area contributed by atoms with Gasteiger partial charge in [0.2, 0.25) is 5.91 Å². The molecular weight excluding hydrogens is 218 g/mol. The van der Waals surface area contributed by atoms with Gasteiger partial charge in [0.1, 0.15) is 0 Å². The minimum Gasteiger partial charge on any atom is -0.352 e. The molecule has 1 saturated heterocycles. The molecule has 0 saturated carbocycles. The molecule has 3 amide bonds. The largest absolute Gasteiger partial charge is 0.352 e. The first kappa shape index (κ1) is 11.4. The lowest BCUT2D eigenvalue weighted by atomic mass is 10.2. The Morgan fingerprint density at radius 1 is 1.41 bits per heavy atom. The number of aryl methyl sites for hydroxylation is 1. The SMILES string of the molecule is Cc1ccc(N2CC(NC(N)=O)CC2=O)cc1. The molecule has 1 aliphatic heterocycles. The third-order valence-electron chi connectivity index (χ3n) is 2.82. The predicted molar refractivity (Wildman–Crippen MR) is 64.7 cm³/mol. The van der Waals surface area contributed by atoms with Gasteiger partial charge in [-0.3, -0.25) is 4.79 Å². The summed E-state index contributed by atoms with van der Waals surface area (Å²) in [7, 11) is 0. The highest BCUT2D eigenvalue weighted by atomic mass is 16.2. The zero-order valence-corrected chi connectivity index (χ0v) is 9.64. The normalized spacial score (nSPS) is 19.5. The first-order valence-corrected chi connectivity index (χ1v) is 5.49. The summed E-state index contributed by atoms with van der Waals surface area (Å²) >= 11 is 0. The van der Waals surface area contributed by atoms with E-state index < -0.39 is 6.03 Å². The lowest BCUT2D eigenvalue weighted by molar-refractivity contribution is -0.117. The number of primary amides is 1. The molecule has 1 aromatic carbocycles. The number of nitrogens with one attached hydrogen (secondary N) is 1. The monoisotopic (exact) mass is 233 g/mol. The van der Waals surface area contributed by atoms with E-state index in [1.165, 1.54) is 0 Å². The minimum atomic E-state index is -0.589. The number of amides is 3. The van der Waals surface area contributed by atoms with Gasteiger partial charge in [-0.2, -0.15) is 0 Å². The van der Waals surface area contributed by atoms with Crippen molar-refractivity contribution in [2.24, 2.45) is 5.73 Å². The zero-order valence-electron chi connectivity index (χ0n) is 9.64. The highest BCUT2D eigenvalue weighted by Gasteiger charge is 2.30. The smallest absolute Gasteiger partial charge is 0.312 e. The maximum absolute atomic E-state index is 11.8. The van der Waals surface area contributed by atoms with Crippen molar-refractivity contribution in [1.82, 2.24) is 5.32 Å². The molecule has 1 aromatic rings. The molecule has 90 valence electrons. The summed E-state index contributed by atoms with van der Waals surface area (Å²) in [5.74, 6) is 0.00704. The quantitative estimate of drug-likeness (QED) is 0.791. The molecule has 0 aromatic heterocycles. The van der Waals surface area contributed by atoms with E-state index in [9.17, 15) is 9.59 Å². The summed E-state index contributed by atoms with van der Waals surface area (Å²) < 4.78 is 0. The van der Waals surface area contributed by atoms with E-state index in [-0.39, 0.29) is 11.9 Å². The van der Waals surface area contributed by atoms with Crippen LogP contribution < -0.4 is 16.0 Å². The molecule has 3 N–H and O–H groups in total. The summed E-state index contributed by atoms with van der Waals surface area (Å²) in [5.41, 5.74) is 7.04. The molecule has 0 radical (unpaired) electrons. The van der Waals surface area contributed by atoms with Crippen molar-refractivity contribution in [2.45, 2.75) is 19.4 Å². The Labute approximate surface area is 99.6 Å². The summed E-state index contributed by atoms with van der Waals surface area (Å²) in [6.45, 7) is 2.47. The second-order valence-corrected chi connectivity index (χ2v) is 4.25. The molecule has 1 unspecified atom stereocenters. The average Bonchev–Trinajstić information content (AvgIpc) is 2.59.